The first-order valence-electron chi connectivity index (χ1n) is 8.25. The van der Waals surface area contributed by atoms with Crippen molar-refractivity contribution in [2.24, 2.45) is 11.8 Å². The molecule has 1 N–H and O–H groups in total. The number of hydrogen-bond donors (Lipinski definition) is 1. The third-order valence-electron chi connectivity index (χ3n) is 4.77. The van der Waals surface area contributed by atoms with Gasteiger partial charge >= 0.3 is 0 Å². The molecule has 3 nitrogen and oxygen atoms in total. The second-order valence-electron chi connectivity index (χ2n) is 6.34. The molecular weight excluding hydrogens is 236 g/mol. The Morgan fingerprint density at radius 2 is 2.05 bits per heavy atom. The fraction of sp³-hybridized carbons (Fsp3) is 0.938. The van der Waals surface area contributed by atoms with Gasteiger partial charge in [-0.05, 0) is 50.5 Å². The predicted octanol–water partition coefficient (Wildman–Crippen LogP) is 2.80. The molecule has 0 radical (unpaired) electrons. The van der Waals surface area contributed by atoms with Crippen LogP contribution in [0.3, 0.4) is 0 Å². The van der Waals surface area contributed by atoms with Crippen molar-refractivity contribution >= 4 is 5.91 Å². The molecule has 1 aliphatic carbocycles. The van der Waals surface area contributed by atoms with Crippen LogP contribution in [0.1, 0.15) is 58.8 Å². The summed E-state index contributed by atoms with van der Waals surface area (Å²) in [6, 6.07) is 0.544. The molecule has 1 saturated carbocycles. The quantitative estimate of drug-likeness (QED) is 0.768. The molecule has 2 rings (SSSR count). The van der Waals surface area contributed by atoms with E-state index in [0.29, 0.717) is 11.9 Å². The molecule has 0 aromatic carbocycles. The number of amides is 1. The first-order chi connectivity index (χ1) is 9.24. The summed E-state index contributed by atoms with van der Waals surface area (Å²) in [6.07, 6.45) is 8.16. The highest BCUT2D eigenvalue weighted by Gasteiger charge is 2.33. The number of carbonyl (C=O) groups is 1. The standard InChI is InChI=1S/C16H30N2O/c1-3-10-17-15(14-6-7-14)12-18-11-9-13(4-2)5-8-16(18)19/h13-15,17H,3-12H2,1-2H3. The molecule has 1 heterocycles. The van der Waals surface area contributed by atoms with Crippen LogP contribution in [0.5, 0.6) is 0 Å². The van der Waals surface area contributed by atoms with E-state index < -0.39 is 0 Å². The summed E-state index contributed by atoms with van der Waals surface area (Å²) in [5, 5.41) is 3.65. The summed E-state index contributed by atoms with van der Waals surface area (Å²) in [4.78, 5) is 14.4. The van der Waals surface area contributed by atoms with Gasteiger partial charge in [-0.3, -0.25) is 4.79 Å². The van der Waals surface area contributed by atoms with Gasteiger partial charge in [-0.2, -0.15) is 0 Å². The molecule has 1 saturated heterocycles. The van der Waals surface area contributed by atoms with Crippen molar-refractivity contribution in [2.75, 3.05) is 19.6 Å². The van der Waals surface area contributed by atoms with E-state index in [9.17, 15) is 4.79 Å². The lowest BCUT2D eigenvalue weighted by Crippen LogP contribution is -2.45. The molecule has 2 atom stereocenters. The summed E-state index contributed by atoms with van der Waals surface area (Å²) in [7, 11) is 0. The average molecular weight is 266 g/mol. The zero-order valence-electron chi connectivity index (χ0n) is 12.7. The molecule has 2 fully saturated rings. The summed E-state index contributed by atoms with van der Waals surface area (Å²) >= 11 is 0. The van der Waals surface area contributed by atoms with Gasteiger partial charge < -0.3 is 10.2 Å². The Bertz CT molecular complexity index is 288. The number of carbonyl (C=O) groups excluding carboxylic acids is 1. The van der Waals surface area contributed by atoms with Crippen LogP contribution in [0.25, 0.3) is 0 Å². The van der Waals surface area contributed by atoms with Gasteiger partial charge in [0, 0.05) is 25.6 Å². The molecule has 2 unspecified atom stereocenters. The monoisotopic (exact) mass is 266 g/mol. The first kappa shape index (κ1) is 14.8. The van der Waals surface area contributed by atoms with Crippen molar-refractivity contribution in [3.05, 3.63) is 0 Å². The highest BCUT2D eigenvalue weighted by atomic mass is 16.2. The van der Waals surface area contributed by atoms with Crippen LogP contribution in [0.15, 0.2) is 0 Å². The first-order valence-corrected chi connectivity index (χ1v) is 8.25. The molecule has 110 valence electrons. The molecule has 1 aliphatic heterocycles. The summed E-state index contributed by atoms with van der Waals surface area (Å²) in [6.45, 7) is 7.47. The maximum atomic E-state index is 12.2. The van der Waals surface area contributed by atoms with E-state index in [-0.39, 0.29) is 0 Å². The van der Waals surface area contributed by atoms with Crippen LogP contribution in [-0.2, 0) is 4.79 Å². The van der Waals surface area contributed by atoms with Crippen molar-refractivity contribution in [1.29, 1.82) is 0 Å². The van der Waals surface area contributed by atoms with E-state index in [1.54, 1.807) is 0 Å². The Labute approximate surface area is 118 Å². The lowest BCUT2D eigenvalue weighted by atomic mass is 9.98. The van der Waals surface area contributed by atoms with Gasteiger partial charge in [0.15, 0.2) is 0 Å². The molecule has 3 heteroatoms. The zero-order chi connectivity index (χ0) is 13.7. The average Bonchev–Trinajstić information content (AvgIpc) is 3.24. The Morgan fingerprint density at radius 3 is 2.68 bits per heavy atom. The molecule has 1 amide bonds. The summed E-state index contributed by atoms with van der Waals surface area (Å²) in [5.41, 5.74) is 0. The summed E-state index contributed by atoms with van der Waals surface area (Å²) in [5.74, 6) is 1.97. The van der Waals surface area contributed by atoms with Crippen LogP contribution in [0, 0.1) is 11.8 Å². The minimum atomic E-state index is 0.389. The molecule has 0 bridgehead atoms. The lowest BCUT2D eigenvalue weighted by molar-refractivity contribution is -0.131. The van der Waals surface area contributed by atoms with E-state index in [4.69, 9.17) is 0 Å². The minimum absolute atomic E-state index is 0.389. The number of rotatable bonds is 7. The van der Waals surface area contributed by atoms with Gasteiger partial charge in [0.2, 0.25) is 5.91 Å². The van der Waals surface area contributed by atoms with Crippen LogP contribution in [-0.4, -0.2) is 36.5 Å². The Morgan fingerprint density at radius 1 is 1.26 bits per heavy atom. The van der Waals surface area contributed by atoms with Gasteiger partial charge in [0.1, 0.15) is 0 Å². The third kappa shape index (κ3) is 4.48. The van der Waals surface area contributed by atoms with Crippen LogP contribution in [0.2, 0.25) is 0 Å². The topological polar surface area (TPSA) is 32.3 Å². The van der Waals surface area contributed by atoms with Gasteiger partial charge in [0.25, 0.3) is 0 Å². The maximum Gasteiger partial charge on any atom is 0.222 e. The number of nitrogens with zero attached hydrogens (tertiary/aromatic N) is 1. The number of nitrogens with one attached hydrogen (secondary N) is 1. The number of hydrogen-bond acceptors (Lipinski definition) is 2. The van der Waals surface area contributed by atoms with E-state index in [0.717, 1.165) is 44.3 Å². The van der Waals surface area contributed by atoms with Crippen molar-refractivity contribution < 1.29 is 4.79 Å². The minimum Gasteiger partial charge on any atom is -0.341 e. The molecule has 0 spiro atoms. The van der Waals surface area contributed by atoms with Crippen LogP contribution in [0.4, 0.5) is 0 Å². The van der Waals surface area contributed by atoms with E-state index in [2.05, 4.69) is 24.1 Å². The molecule has 2 aliphatic rings. The molecule has 0 aromatic rings. The second-order valence-corrected chi connectivity index (χ2v) is 6.34. The van der Waals surface area contributed by atoms with E-state index in [1.807, 2.05) is 0 Å². The van der Waals surface area contributed by atoms with E-state index in [1.165, 1.54) is 32.1 Å². The largest absolute Gasteiger partial charge is 0.341 e. The highest BCUT2D eigenvalue weighted by Crippen LogP contribution is 2.33. The summed E-state index contributed by atoms with van der Waals surface area (Å²) < 4.78 is 0. The molecule has 0 aromatic heterocycles. The SMILES string of the molecule is CCCNC(CN1CCC(CC)CCC1=O)C1CC1. The number of likely N-dealkylation sites (tertiary alicyclic amines) is 1. The Kier molecular flexibility index (Phi) is 5.68. The lowest BCUT2D eigenvalue weighted by Gasteiger charge is -2.27. The van der Waals surface area contributed by atoms with Gasteiger partial charge in [-0.1, -0.05) is 20.3 Å². The Hall–Kier alpha value is -0.570. The van der Waals surface area contributed by atoms with Crippen LogP contribution >= 0.6 is 0 Å². The fourth-order valence-electron chi connectivity index (χ4n) is 3.14. The highest BCUT2D eigenvalue weighted by molar-refractivity contribution is 5.76. The van der Waals surface area contributed by atoms with Crippen molar-refractivity contribution in [3.63, 3.8) is 0 Å². The molecule has 19 heavy (non-hydrogen) atoms. The van der Waals surface area contributed by atoms with Crippen LogP contribution < -0.4 is 5.32 Å². The molecular formula is C16H30N2O. The van der Waals surface area contributed by atoms with Crippen molar-refractivity contribution in [2.45, 2.75) is 64.8 Å². The smallest absolute Gasteiger partial charge is 0.222 e. The maximum absolute atomic E-state index is 12.2. The van der Waals surface area contributed by atoms with Gasteiger partial charge in [-0.15, -0.1) is 0 Å². The van der Waals surface area contributed by atoms with Gasteiger partial charge in [0.05, 0.1) is 0 Å². The zero-order valence-corrected chi connectivity index (χ0v) is 12.7. The second kappa shape index (κ2) is 7.28. The normalized spacial score (nSPS) is 26.3. The predicted molar refractivity (Wildman–Crippen MR) is 79.0 cm³/mol. The van der Waals surface area contributed by atoms with Crippen molar-refractivity contribution in [1.82, 2.24) is 10.2 Å². The fourth-order valence-corrected chi connectivity index (χ4v) is 3.14. The third-order valence-corrected chi connectivity index (χ3v) is 4.77. The Balaban J connectivity index is 1.86. The van der Waals surface area contributed by atoms with Gasteiger partial charge in [-0.25, -0.2) is 0 Å². The van der Waals surface area contributed by atoms with E-state index >= 15 is 0 Å². The van der Waals surface area contributed by atoms with Crippen molar-refractivity contribution in [3.8, 4) is 0 Å².